The molecular formula is C21H32N2O6S. The van der Waals surface area contributed by atoms with Gasteiger partial charge in [0.25, 0.3) is 5.91 Å². The van der Waals surface area contributed by atoms with Crippen molar-refractivity contribution in [1.82, 2.24) is 9.21 Å². The summed E-state index contributed by atoms with van der Waals surface area (Å²) in [5.41, 5.74) is 1.76. The zero-order chi connectivity index (χ0) is 22.8. The molecule has 1 aromatic carbocycles. The number of carbonyl (C=O) groups is 2. The Morgan fingerprint density at radius 2 is 1.77 bits per heavy atom. The van der Waals surface area contributed by atoms with Crippen LogP contribution >= 0.6 is 0 Å². The van der Waals surface area contributed by atoms with E-state index in [-0.39, 0.29) is 35.9 Å². The number of aliphatic hydroxyl groups is 1. The zero-order valence-electron chi connectivity index (χ0n) is 18.5. The van der Waals surface area contributed by atoms with Gasteiger partial charge in [0.15, 0.2) is 6.61 Å². The van der Waals surface area contributed by atoms with Crippen molar-refractivity contribution in [3.05, 3.63) is 29.3 Å². The van der Waals surface area contributed by atoms with Crippen LogP contribution in [0.3, 0.4) is 0 Å². The van der Waals surface area contributed by atoms with Crippen molar-refractivity contribution in [1.29, 1.82) is 0 Å². The van der Waals surface area contributed by atoms with Crippen LogP contribution in [0.25, 0.3) is 0 Å². The first-order valence-corrected chi connectivity index (χ1v) is 11.5. The fraction of sp³-hybridized carbons (Fsp3) is 0.619. The number of hydrogen-bond donors (Lipinski definition) is 1. The summed E-state index contributed by atoms with van der Waals surface area (Å²) in [6.45, 7) is 10.5. The lowest BCUT2D eigenvalue weighted by molar-refractivity contribution is -0.156. The first-order valence-electron chi connectivity index (χ1n) is 10.1. The molecule has 1 aromatic rings. The van der Waals surface area contributed by atoms with Gasteiger partial charge >= 0.3 is 5.97 Å². The van der Waals surface area contributed by atoms with Crippen molar-refractivity contribution in [3.8, 4) is 0 Å². The average Bonchev–Trinajstić information content (AvgIpc) is 3.04. The summed E-state index contributed by atoms with van der Waals surface area (Å²) in [5, 5.41) is 10.0. The van der Waals surface area contributed by atoms with Crippen LogP contribution in [0, 0.1) is 13.8 Å². The number of amides is 1. The van der Waals surface area contributed by atoms with Crippen molar-refractivity contribution < 1.29 is 27.9 Å². The molecule has 2 atom stereocenters. The zero-order valence-corrected chi connectivity index (χ0v) is 19.3. The summed E-state index contributed by atoms with van der Waals surface area (Å²) in [6.07, 6.45) is -1.06. The molecule has 1 heterocycles. The summed E-state index contributed by atoms with van der Waals surface area (Å²) in [5.74, 6) is -1.18. The van der Waals surface area contributed by atoms with Crippen molar-refractivity contribution >= 4 is 21.9 Å². The van der Waals surface area contributed by atoms with Gasteiger partial charge < -0.3 is 14.7 Å². The van der Waals surface area contributed by atoms with Crippen LogP contribution in [0.15, 0.2) is 23.1 Å². The van der Waals surface area contributed by atoms with E-state index in [1.807, 2.05) is 34.6 Å². The first-order chi connectivity index (χ1) is 13.9. The minimum absolute atomic E-state index is 0.0550. The summed E-state index contributed by atoms with van der Waals surface area (Å²) >= 11 is 0. The summed E-state index contributed by atoms with van der Waals surface area (Å²) in [4.78, 5) is 26.8. The standard InChI is InChI=1S/C21H32N2O6S/c1-13(2)23(14(3)4)20(25)12-29-21(26)19-10-17(24)11-22(19)30(27,28)18-8-7-15(5)16(6)9-18/h7-9,13-14,17,19,24H,10-12H2,1-6H3/t17?,19-/m0/s1. The second-order valence-corrected chi connectivity index (χ2v) is 10.2. The second kappa shape index (κ2) is 9.45. The predicted molar refractivity (Wildman–Crippen MR) is 112 cm³/mol. The molecule has 1 fully saturated rings. The number of rotatable bonds is 7. The molecule has 0 spiro atoms. The van der Waals surface area contributed by atoms with Crippen LogP contribution < -0.4 is 0 Å². The van der Waals surface area contributed by atoms with Crippen LogP contribution in [0.4, 0.5) is 0 Å². The fourth-order valence-corrected chi connectivity index (χ4v) is 5.46. The molecule has 8 nitrogen and oxygen atoms in total. The number of aryl methyl sites for hydroxylation is 2. The molecule has 1 aliphatic rings. The number of ether oxygens (including phenoxy) is 1. The number of β-amino-alcohol motifs (C(OH)–C–C–N with tert-alkyl or cyclic N) is 1. The van der Waals surface area contributed by atoms with Crippen LogP contribution in [0.5, 0.6) is 0 Å². The van der Waals surface area contributed by atoms with Crippen LogP contribution in [-0.2, 0) is 24.3 Å². The van der Waals surface area contributed by atoms with Crippen molar-refractivity contribution in [2.75, 3.05) is 13.2 Å². The molecule has 0 saturated carbocycles. The smallest absolute Gasteiger partial charge is 0.325 e. The Kier molecular flexibility index (Phi) is 7.65. The monoisotopic (exact) mass is 440 g/mol. The molecule has 168 valence electrons. The third-order valence-corrected chi connectivity index (χ3v) is 7.20. The van der Waals surface area contributed by atoms with E-state index in [4.69, 9.17) is 4.74 Å². The number of benzene rings is 1. The van der Waals surface area contributed by atoms with Gasteiger partial charge in [-0.05, 0) is 64.8 Å². The van der Waals surface area contributed by atoms with E-state index in [0.29, 0.717) is 0 Å². The lowest BCUT2D eigenvalue weighted by Crippen LogP contribution is -2.46. The van der Waals surface area contributed by atoms with Gasteiger partial charge in [0.1, 0.15) is 6.04 Å². The predicted octanol–water partition coefficient (Wildman–Crippen LogP) is 1.62. The van der Waals surface area contributed by atoms with Gasteiger partial charge in [-0.15, -0.1) is 0 Å². The third kappa shape index (κ3) is 5.19. The lowest BCUT2D eigenvalue weighted by Gasteiger charge is -2.30. The average molecular weight is 441 g/mol. The Labute approximate surface area is 178 Å². The van der Waals surface area contributed by atoms with Gasteiger partial charge in [0.05, 0.1) is 11.0 Å². The summed E-state index contributed by atoms with van der Waals surface area (Å²) < 4.78 is 32.4. The molecule has 0 aliphatic carbocycles. The maximum Gasteiger partial charge on any atom is 0.325 e. The molecule has 9 heteroatoms. The molecule has 2 rings (SSSR count). The normalized spacial score (nSPS) is 20.0. The van der Waals surface area contributed by atoms with Gasteiger partial charge in [-0.1, -0.05) is 6.07 Å². The van der Waals surface area contributed by atoms with Crippen LogP contribution in [0.1, 0.15) is 45.2 Å². The minimum Gasteiger partial charge on any atom is -0.454 e. The lowest BCUT2D eigenvalue weighted by atomic mass is 10.1. The Hall–Kier alpha value is -1.97. The van der Waals surface area contributed by atoms with Crippen molar-refractivity contribution in [2.45, 2.75) is 77.1 Å². The van der Waals surface area contributed by atoms with Gasteiger partial charge in [-0.3, -0.25) is 9.59 Å². The van der Waals surface area contributed by atoms with E-state index in [1.165, 1.54) is 6.07 Å². The number of hydrogen-bond acceptors (Lipinski definition) is 6. The molecule has 0 aromatic heterocycles. The quantitative estimate of drug-likeness (QED) is 0.646. The van der Waals surface area contributed by atoms with Gasteiger partial charge in [-0.2, -0.15) is 4.31 Å². The van der Waals surface area contributed by atoms with Crippen LogP contribution in [0.2, 0.25) is 0 Å². The highest BCUT2D eigenvalue weighted by Gasteiger charge is 2.44. The summed E-state index contributed by atoms with van der Waals surface area (Å²) in [7, 11) is -4.01. The highest BCUT2D eigenvalue weighted by Crippen LogP contribution is 2.28. The number of esters is 1. The minimum atomic E-state index is -4.01. The topological polar surface area (TPSA) is 104 Å². The number of sulfonamides is 1. The maximum atomic E-state index is 13.1. The molecule has 30 heavy (non-hydrogen) atoms. The molecule has 1 unspecified atom stereocenters. The molecule has 1 N–H and O–H groups in total. The van der Waals surface area contributed by atoms with Gasteiger partial charge in [-0.25, -0.2) is 8.42 Å². The Morgan fingerprint density at radius 1 is 1.17 bits per heavy atom. The Balaban J connectivity index is 2.18. The van der Waals surface area contributed by atoms with E-state index >= 15 is 0 Å². The van der Waals surface area contributed by atoms with Crippen molar-refractivity contribution in [2.24, 2.45) is 0 Å². The van der Waals surface area contributed by atoms with E-state index < -0.39 is 34.7 Å². The number of aliphatic hydroxyl groups excluding tert-OH is 1. The van der Waals surface area contributed by atoms with E-state index in [2.05, 4.69) is 0 Å². The highest BCUT2D eigenvalue weighted by molar-refractivity contribution is 7.89. The molecule has 0 radical (unpaired) electrons. The highest BCUT2D eigenvalue weighted by atomic mass is 32.2. The number of nitrogens with zero attached hydrogens (tertiary/aromatic N) is 2. The Morgan fingerprint density at radius 3 is 2.30 bits per heavy atom. The largest absolute Gasteiger partial charge is 0.454 e. The van der Waals surface area contributed by atoms with E-state index in [9.17, 15) is 23.1 Å². The summed E-state index contributed by atoms with van der Waals surface area (Å²) in [6, 6.07) is 3.43. The van der Waals surface area contributed by atoms with Crippen molar-refractivity contribution in [3.63, 3.8) is 0 Å². The maximum absolute atomic E-state index is 13.1. The van der Waals surface area contributed by atoms with Gasteiger partial charge in [0, 0.05) is 25.0 Å². The fourth-order valence-electron chi connectivity index (χ4n) is 3.75. The molecule has 0 bridgehead atoms. The van der Waals surface area contributed by atoms with Crippen LogP contribution in [-0.4, -0.2) is 72.0 Å². The second-order valence-electron chi connectivity index (χ2n) is 8.32. The molecule has 1 saturated heterocycles. The molecular weight excluding hydrogens is 408 g/mol. The van der Waals surface area contributed by atoms with E-state index in [0.717, 1.165) is 15.4 Å². The van der Waals surface area contributed by atoms with Gasteiger partial charge in [0.2, 0.25) is 10.0 Å². The number of carbonyl (C=O) groups excluding carboxylic acids is 2. The Bertz CT molecular complexity index is 889. The SMILES string of the molecule is Cc1ccc(S(=O)(=O)N2CC(O)C[C@H]2C(=O)OCC(=O)N(C(C)C)C(C)C)cc1C. The molecule has 1 amide bonds. The molecule has 1 aliphatic heterocycles. The van der Waals surface area contributed by atoms with E-state index in [1.54, 1.807) is 24.0 Å². The third-order valence-electron chi connectivity index (χ3n) is 5.33. The first kappa shape index (κ1) is 24.3.